The van der Waals surface area contributed by atoms with Crippen molar-refractivity contribution >= 4 is 11.9 Å². The number of nitriles is 1. The molecule has 10 heteroatoms. The van der Waals surface area contributed by atoms with Crippen molar-refractivity contribution in [1.29, 1.82) is 5.26 Å². The molecule has 1 aromatic carbocycles. The summed E-state index contributed by atoms with van der Waals surface area (Å²) in [5.41, 5.74) is -0.804. The van der Waals surface area contributed by atoms with Crippen LogP contribution in [0.1, 0.15) is 24.8 Å². The lowest BCUT2D eigenvalue weighted by Crippen LogP contribution is -2.50. The Morgan fingerprint density at radius 1 is 1.41 bits per heavy atom. The number of carbonyl (C=O) groups is 2. The fourth-order valence-corrected chi connectivity index (χ4v) is 2.80. The molecule has 1 aromatic rings. The van der Waals surface area contributed by atoms with Crippen LogP contribution in [0.2, 0.25) is 0 Å². The molecule has 0 unspecified atom stereocenters. The van der Waals surface area contributed by atoms with E-state index >= 15 is 0 Å². The second-order valence-corrected chi connectivity index (χ2v) is 5.88. The highest BCUT2D eigenvalue weighted by molar-refractivity contribution is 5.81. The molecular weight excluding hydrogens is 369 g/mol. The van der Waals surface area contributed by atoms with Crippen molar-refractivity contribution in [3.05, 3.63) is 23.8 Å². The monoisotopic (exact) mass is 386 g/mol. The standard InChI is InChI=1S/C17H17F3N2O5/c1-25-15(24)9-16(22-14(23)4-6-21)5-7-26-13-8-11(2-3-12(13)16)27-10-17(18,19)20/h2-3,8H,4-5,7,9-10H2,1H3,(H,22,23)/t16-/m1/s1. The molecule has 1 heterocycles. The zero-order valence-electron chi connectivity index (χ0n) is 14.4. The number of esters is 1. The molecule has 0 spiro atoms. The average molecular weight is 386 g/mol. The molecule has 0 aromatic heterocycles. The summed E-state index contributed by atoms with van der Waals surface area (Å²) in [6.07, 6.45) is -4.91. The first-order valence-electron chi connectivity index (χ1n) is 7.91. The van der Waals surface area contributed by atoms with E-state index in [2.05, 4.69) is 10.1 Å². The lowest BCUT2D eigenvalue weighted by atomic mass is 9.81. The minimum atomic E-state index is -4.49. The number of nitrogens with one attached hydrogen (secondary N) is 1. The summed E-state index contributed by atoms with van der Waals surface area (Å²) >= 11 is 0. The molecule has 2 rings (SSSR count). The van der Waals surface area contributed by atoms with Crippen LogP contribution >= 0.6 is 0 Å². The number of methoxy groups -OCH3 is 1. The quantitative estimate of drug-likeness (QED) is 0.753. The third-order valence-corrected chi connectivity index (χ3v) is 3.95. The molecular formula is C17H17F3N2O5. The molecule has 146 valence electrons. The van der Waals surface area contributed by atoms with Gasteiger partial charge in [-0.25, -0.2) is 0 Å². The Kier molecular flexibility index (Phi) is 6.15. The lowest BCUT2D eigenvalue weighted by Gasteiger charge is -2.38. The Labute approximate surface area is 153 Å². The minimum absolute atomic E-state index is 0.0664. The van der Waals surface area contributed by atoms with E-state index in [1.807, 2.05) is 0 Å². The normalized spacial score (nSPS) is 18.5. The van der Waals surface area contributed by atoms with Gasteiger partial charge in [-0.15, -0.1) is 0 Å². The van der Waals surface area contributed by atoms with Crippen molar-refractivity contribution in [3.63, 3.8) is 0 Å². The molecule has 0 saturated carbocycles. The van der Waals surface area contributed by atoms with Crippen LogP contribution in [0, 0.1) is 11.3 Å². The molecule has 0 aliphatic carbocycles. The van der Waals surface area contributed by atoms with E-state index < -0.39 is 36.6 Å². The Bertz CT molecular complexity index is 760. The van der Waals surface area contributed by atoms with Gasteiger partial charge in [-0.05, 0) is 12.1 Å². The number of carbonyl (C=O) groups excluding carboxylic acids is 2. The zero-order valence-corrected chi connectivity index (χ0v) is 14.4. The topological polar surface area (TPSA) is 97.7 Å². The van der Waals surface area contributed by atoms with Gasteiger partial charge in [0.25, 0.3) is 0 Å². The SMILES string of the molecule is COC(=O)C[C@]1(NC(=O)CC#N)CCOc2cc(OCC(F)(F)F)ccc21. The summed E-state index contributed by atoms with van der Waals surface area (Å²) in [5.74, 6) is -1.07. The van der Waals surface area contributed by atoms with E-state index in [0.717, 1.165) is 0 Å². The van der Waals surface area contributed by atoms with Crippen molar-refractivity contribution in [1.82, 2.24) is 5.32 Å². The molecule has 1 aliphatic rings. The number of nitrogens with zero attached hydrogens (tertiary/aromatic N) is 1. The average Bonchev–Trinajstić information content (AvgIpc) is 2.59. The third-order valence-electron chi connectivity index (χ3n) is 3.95. The molecule has 0 fully saturated rings. The lowest BCUT2D eigenvalue weighted by molar-refractivity contribution is -0.153. The van der Waals surface area contributed by atoms with Crippen LogP contribution in [0.25, 0.3) is 0 Å². The Morgan fingerprint density at radius 3 is 2.78 bits per heavy atom. The fourth-order valence-electron chi connectivity index (χ4n) is 2.80. The number of ether oxygens (including phenoxy) is 3. The third kappa shape index (κ3) is 5.26. The second-order valence-electron chi connectivity index (χ2n) is 5.88. The number of alkyl halides is 3. The summed E-state index contributed by atoms with van der Waals surface area (Å²) in [6, 6.07) is 5.71. The number of halogens is 3. The molecule has 0 radical (unpaired) electrons. The highest BCUT2D eigenvalue weighted by Gasteiger charge is 2.41. The van der Waals surface area contributed by atoms with Gasteiger partial charge in [0.1, 0.15) is 17.9 Å². The van der Waals surface area contributed by atoms with Crippen LogP contribution in [0.5, 0.6) is 11.5 Å². The molecule has 0 saturated heterocycles. The van der Waals surface area contributed by atoms with Crippen LogP contribution < -0.4 is 14.8 Å². The van der Waals surface area contributed by atoms with E-state index in [1.165, 1.54) is 25.3 Å². The van der Waals surface area contributed by atoms with Gasteiger partial charge in [0.15, 0.2) is 6.61 Å². The first kappa shape index (κ1) is 20.4. The summed E-state index contributed by atoms with van der Waals surface area (Å²) in [4.78, 5) is 23.9. The van der Waals surface area contributed by atoms with E-state index in [-0.39, 0.29) is 30.9 Å². The first-order valence-corrected chi connectivity index (χ1v) is 7.91. The molecule has 0 bridgehead atoms. The van der Waals surface area contributed by atoms with Crippen LogP contribution in [0.4, 0.5) is 13.2 Å². The van der Waals surface area contributed by atoms with Gasteiger partial charge in [0, 0.05) is 18.1 Å². The Balaban J connectivity index is 2.36. The highest BCUT2D eigenvalue weighted by atomic mass is 19.4. The Morgan fingerprint density at radius 2 is 2.15 bits per heavy atom. The molecule has 1 atom stereocenters. The van der Waals surface area contributed by atoms with E-state index in [1.54, 1.807) is 6.07 Å². The maximum absolute atomic E-state index is 12.3. The van der Waals surface area contributed by atoms with Gasteiger partial charge in [-0.1, -0.05) is 0 Å². The first-order chi connectivity index (χ1) is 12.7. The molecule has 1 N–H and O–H groups in total. The minimum Gasteiger partial charge on any atom is -0.493 e. The molecule has 7 nitrogen and oxygen atoms in total. The number of benzene rings is 1. The smallest absolute Gasteiger partial charge is 0.422 e. The van der Waals surface area contributed by atoms with E-state index in [4.69, 9.17) is 14.7 Å². The summed E-state index contributed by atoms with van der Waals surface area (Å²) < 4.78 is 51.8. The van der Waals surface area contributed by atoms with Gasteiger partial charge in [-0.2, -0.15) is 18.4 Å². The largest absolute Gasteiger partial charge is 0.493 e. The van der Waals surface area contributed by atoms with Crippen LogP contribution in [-0.2, 0) is 19.9 Å². The summed E-state index contributed by atoms with van der Waals surface area (Å²) in [5, 5.41) is 11.4. The fraction of sp³-hybridized carbons (Fsp3) is 0.471. The van der Waals surface area contributed by atoms with Gasteiger partial charge in [0.05, 0.1) is 31.7 Å². The zero-order chi connectivity index (χ0) is 20.1. The molecule has 27 heavy (non-hydrogen) atoms. The van der Waals surface area contributed by atoms with Crippen molar-refractivity contribution in [2.75, 3.05) is 20.3 Å². The van der Waals surface area contributed by atoms with Crippen molar-refractivity contribution in [3.8, 4) is 17.6 Å². The maximum atomic E-state index is 12.3. The van der Waals surface area contributed by atoms with Crippen molar-refractivity contribution < 1.29 is 37.0 Å². The van der Waals surface area contributed by atoms with Crippen LogP contribution in [0.3, 0.4) is 0 Å². The molecule has 1 amide bonds. The number of rotatable bonds is 6. The van der Waals surface area contributed by atoms with E-state index in [9.17, 15) is 22.8 Å². The number of hydrogen-bond donors (Lipinski definition) is 1. The van der Waals surface area contributed by atoms with Crippen molar-refractivity contribution in [2.45, 2.75) is 31.0 Å². The summed E-state index contributed by atoms with van der Waals surface area (Å²) in [6.45, 7) is -1.36. The predicted octanol–water partition coefficient (Wildman–Crippen LogP) is 2.20. The van der Waals surface area contributed by atoms with Crippen LogP contribution in [0.15, 0.2) is 18.2 Å². The predicted molar refractivity (Wildman–Crippen MR) is 84.8 cm³/mol. The second kappa shape index (κ2) is 8.16. The number of hydrogen-bond acceptors (Lipinski definition) is 6. The Hall–Kier alpha value is -2.96. The van der Waals surface area contributed by atoms with Gasteiger partial charge in [0.2, 0.25) is 5.91 Å². The highest BCUT2D eigenvalue weighted by Crippen LogP contribution is 2.41. The van der Waals surface area contributed by atoms with E-state index in [0.29, 0.717) is 5.56 Å². The van der Waals surface area contributed by atoms with Crippen LogP contribution in [-0.4, -0.2) is 38.4 Å². The molecule has 1 aliphatic heterocycles. The number of fused-ring (bicyclic) bond motifs is 1. The van der Waals surface area contributed by atoms with Gasteiger partial charge in [-0.3, -0.25) is 9.59 Å². The van der Waals surface area contributed by atoms with Crippen molar-refractivity contribution in [2.24, 2.45) is 0 Å². The van der Waals surface area contributed by atoms with Gasteiger partial charge >= 0.3 is 12.1 Å². The number of amides is 1. The summed E-state index contributed by atoms with van der Waals surface area (Å²) in [7, 11) is 1.20. The maximum Gasteiger partial charge on any atom is 0.422 e. The van der Waals surface area contributed by atoms with Gasteiger partial charge < -0.3 is 19.5 Å².